The molecule has 0 aliphatic heterocycles. The second-order valence-corrected chi connectivity index (χ2v) is 11.6. The quantitative estimate of drug-likeness (QED) is 0.194. The van der Waals surface area contributed by atoms with E-state index in [1.165, 1.54) is 39.7 Å². The van der Waals surface area contributed by atoms with Gasteiger partial charge < -0.3 is 19.7 Å². The molecule has 0 aliphatic carbocycles. The summed E-state index contributed by atoms with van der Waals surface area (Å²) in [5, 5.41) is 24.6. The number of phenols is 2. The topological polar surface area (TPSA) is 58.9 Å². The van der Waals surface area contributed by atoms with Gasteiger partial charge in [0.15, 0.2) is 0 Å². The van der Waals surface area contributed by atoms with Gasteiger partial charge in [0.1, 0.15) is 34.5 Å². The number of benzene rings is 8. The summed E-state index contributed by atoms with van der Waals surface area (Å²) in [6.07, 6.45) is 0. The first-order valence-corrected chi connectivity index (χ1v) is 15.8. The maximum Gasteiger partial charge on any atom is 0.131 e. The summed E-state index contributed by atoms with van der Waals surface area (Å²) in [6, 6.07) is 56.9. The van der Waals surface area contributed by atoms with Crippen molar-refractivity contribution in [3.05, 3.63) is 180 Å². The summed E-state index contributed by atoms with van der Waals surface area (Å²) in [5.74, 6) is 3.28. The van der Waals surface area contributed by atoms with E-state index in [4.69, 9.17) is 19.7 Å². The van der Waals surface area contributed by atoms with E-state index in [0.29, 0.717) is 0 Å². The lowest BCUT2D eigenvalue weighted by atomic mass is 10.1. The first kappa shape index (κ1) is 31.2. The zero-order valence-corrected chi connectivity index (χ0v) is 26.9. The second kappa shape index (κ2) is 15.0. The lowest BCUT2D eigenvalue weighted by molar-refractivity contribution is 0.450. The highest BCUT2D eigenvalue weighted by atomic mass is 79.9. The first-order chi connectivity index (χ1) is 23.0. The standard InChI is InChI=1S/C26H18O2.C10H7Br.C6H6O2/c1-3-8-21-16-25(14-12-19(21)6-1)27-23-10-5-11-24(18-23)28-26-15-13-20-7-2-4-9-22(20)17-26;11-10-6-5-8-3-1-2-4-9(8)7-10;7-5-2-1-3-6(8)4-5/h1-18H;1-7H;1-4,7-8H. The van der Waals surface area contributed by atoms with Gasteiger partial charge in [0, 0.05) is 16.6 Å². The Kier molecular flexibility index (Phi) is 9.96. The third kappa shape index (κ3) is 8.69. The van der Waals surface area contributed by atoms with Gasteiger partial charge in [-0.05, 0) is 93.0 Å². The number of fused-ring (bicyclic) bond motifs is 3. The molecule has 0 heterocycles. The van der Waals surface area contributed by atoms with Gasteiger partial charge in [0.2, 0.25) is 0 Å². The predicted molar refractivity (Wildman–Crippen MR) is 196 cm³/mol. The molecule has 47 heavy (non-hydrogen) atoms. The van der Waals surface area contributed by atoms with Gasteiger partial charge in [-0.2, -0.15) is 0 Å². The molecule has 0 aliphatic rings. The maximum atomic E-state index is 8.65. The Morgan fingerprint density at radius 3 is 1.15 bits per heavy atom. The minimum atomic E-state index is 0.0880. The molecule has 0 bridgehead atoms. The second-order valence-electron chi connectivity index (χ2n) is 10.7. The van der Waals surface area contributed by atoms with E-state index in [9.17, 15) is 0 Å². The molecule has 0 fully saturated rings. The maximum absolute atomic E-state index is 8.65. The van der Waals surface area contributed by atoms with E-state index in [1.54, 1.807) is 6.07 Å². The van der Waals surface area contributed by atoms with Gasteiger partial charge in [-0.15, -0.1) is 0 Å². The molecule has 8 aromatic carbocycles. The predicted octanol–water partition coefficient (Wildman–Crippen LogP) is 12.3. The van der Waals surface area contributed by atoms with Crippen LogP contribution in [0.3, 0.4) is 0 Å². The summed E-state index contributed by atoms with van der Waals surface area (Å²) >= 11 is 3.43. The Morgan fingerprint density at radius 2 is 0.702 bits per heavy atom. The van der Waals surface area contributed by atoms with E-state index >= 15 is 0 Å². The molecule has 0 atom stereocenters. The highest BCUT2D eigenvalue weighted by Crippen LogP contribution is 2.31. The van der Waals surface area contributed by atoms with Gasteiger partial charge in [0.05, 0.1) is 0 Å². The summed E-state index contributed by atoms with van der Waals surface area (Å²) < 4.78 is 13.2. The monoisotopic (exact) mass is 678 g/mol. The molecule has 0 spiro atoms. The lowest BCUT2D eigenvalue weighted by Gasteiger charge is -2.10. The number of hydrogen-bond acceptors (Lipinski definition) is 4. The van der Waals surface area contributed by atoms with Crippen LogP contribution < -0.4 is 9.47 Å². The highest BCUT2D eigenvalue weighted by molar-refractivity contribution is 9.10. The fraction of sp³-hybridized carbons (Fsp3) is 0. The molecule has 8 aromatic rings. The molecule has 5 heteroatoms. The van der Waals surface area contributed by atoms with Crippen molar-refractivity contribution in [3.8, 4) is 34.5 Å². The number of phenolic OH excluding ortho intramolecular Hbond substituents is 2. The van der Waals surface area contributed by atoms with E-state index in [0.717, 1.165) is 38.2 Å². The highest BCUT2D eigenvalue weighted by Gasteiger charge is 2.04. The minimum Gasteiger partial charge on any atom is -0.508 e. The Balaban J connectivity index is 0.000000165. The van der Waals surface area contributed by atoms with Gasteiger partial charge in [-0.3, -0.25) is 0 Å². The van der Waals surface area contributed by atoms with Crippen molar-refractivity contribution < 1.29 is 19.7 Å². The zero-order valence-electron chi connectivity index (χ0n) is 25.3. The summed E-state index contributed by atoms with van der Waals surface area (Å²) in [4.78, 5) is 0. The van der Waals surface area contributed by atoms with Crippen LogP contribution in [0.25, 0.3) is 32.3 Å². The largest absolute Gasteiger partial charge is 0.508 e. The molecule has 0 aromatic heterocycles. The number of halogens is 1. The Morgan fingerprint density at radius 1 is 0.319 bits per heavy atom. The number of hydrogen-bond donors (Lipinski definition) is 2. The number of rotatable bonds is 4. The van der Waals surface area contributed by atoms with E-state index in [1.807, 2.05) is 72.8 Å². The van der Waals surface area contributed by atoms with Crippen LogP contribution in [-0.2, 0) is 0 Å². The van der Waals surface area contributed by atoms with E-state index in [-0.39, 0.29) is 11.5 Å². The molecule has 8 rings (SSSR count). The molecular formula is C42H31BrO4. The Hall–Kier alpha value is -5.78. The van der Waals surface area contributed by atoms with Crippen molar-refractivity contribution in [2.24, 2.45) is 0 Å². The smallest absolute Gasteiger partial charge is 0.131 e. The van der Waals surface area contributed by atoms with Crippen LogP contribution in [0.5, 0.6) is 34.5 Å². The SMILES string of the molecule is Brc1ccc2ccccc2c1.Oc1cccc(O)c1.c1cc(Oc2ccc3ccccc3c2)cc(Oc2ccc3ccccc3c2)c1. The van der Waals surface area contributed by atoms with E-state index in [2.05, 4.69) is 94.8 Å². The number of aromatic hydroxyl groups is 2. The van der Waals surface area contributed by atoms with Gasteiger partial charge in [-0.1, -0.05) is 119 Å². The average Bonchev–Trinajstić information content (AvgIpc) is 3.09. The molecule has 4 nitrogen and oxygen atoms in total. The van der Waals surface area contributed by atoms with Crippen molar-refractivity contribution in [1.82, 2.24) is 0 Å². The van der Waals surface area contributed by atoms with Crippen LogP contribution >= 0.6 is 15.9 Å². The van der Waals surface area contributed by atoms with Crippen LogP contribution in [-0.4, -0.2) is 10.2 Å². The molecule has 0 radical (unpaired) electrons. The summed E-state index contributed by atoms with van der Waals surface area (Å²) in [6.45, 7) is 0. The fourth-order valence-electron chi connectivity index (χ4n) is 4.99. The lowest BCUT2D eigenvalue weighted by Crippen LogP contribution is -1.87. The van der Waals surface area contributed by atoms with Crippen molar-refractivity contribution >= 4 is 48.2 Å². The minimum absolute atomic E-state index is 0.0880. The molecule has 230 valence electrons. The van der Waals surface area contributed by atoms with Gasteiger partial charge in [-0.25, -0.2) is 0 Å². The Labute approximate surface area is 281 Å². The van der Waals surface area contributed by atoms with Gasteiger partial charge >= 0.3 is 0 Å². The summed E-state index contributed by atoms with van der Waals surface area (Å²) in [5.41, 5.74) is 0. The summed E-state index contributed by atoms with van der Waals surface area (Å²) in [7, 11) is 0. The molecule has 0 saturated carbocycles. The van der Waals surface area contributed by atoms with E-state index < -0.39 is 0 Å². The van der Waals surface area contributed by atoms with Crippen molar-refractivity contribution in [3.63, 3.8) is 0 Å². The Bertz CT molecular complexity index is 2150. The third-order valence-corrected chi connectivity index (χ3v) is 7.75. The third-order valence-electron chi connectivity index (χ3n) is 7.26. The van der Waals surface area contributed by atoms with Crippen molar-refractivity contribution in [1.29, 1.82) is 0 Å². The fourth-order valence-corrected chi connectivity index (χ4v) is 5.37. The molecule has 0 saturated heterocycles. The van der Waals surface area contributed by atoms with Crippen LogP contribution in [0.15, 0.2) is 180 Å². The first-order valence-electron chi connectivity index (χ1n) is 15.0. The van der Waals surface area contributed by atoms with Crippen molar-refractivity contribution in [2.75, 3.05) is 0 Å². The molecule has 2 N–H and O–H groups in total. The van der Waals surface area contributed by atoms with Crippen LogP contribution in [0.2, 0.25) is 0 Å². The molecule has 0 unspecified atom stereocenters. The van der Waals surface area contributed by atoms with Gasteiger partial charge in [0.25, 0.3) is 0 Å². The van der Waals surface area contributed by atoms with Crippen LogP contribution in [0.1, 0.15) is 0 Å². The normalized spacial score (nSPS) is 10.4. The van der Waals surface area contributed by atoms with Crippen LogP contribution in [0.4, 0.5) is 0 Å². The molecular weight excluding hydrogens is 648 g/mol. The van der Waals surface area contributed by atoms with Crippen molar-refractivity contribution in [2.45, 2.75) is 0 Å². The number of ether oxygens (including phenoxy) is 2. The average molecular weight is 680 g/mol. The van der Waals surface area contributed by atoms with Crippen LogP contribution in [0, 0.1) is 0 Å². The zero-order chi connectivity index (χ0) is 32.4. The molecule has 0 amide bonds.